The van der Waals surface area contributed by atoms with Crippen LogP contribution in [0.3, 0.4) is 0 Å². The molecule has 3 rings (SSSR count). The summed E-state index contributed by atoms with van der Waals surface area (Å²) >= 11 is 5.85. The lowest BCUT2D eigenvalue weighted by Gasteiger charge is -2.04. The molecule has 3 aromatic heterocycles. The number of nitrogens with zero attached hydrogens (tertiary/aromatic N) is 3. The highest BCUT2D eigenvalue weighted by Crippen LogP contribution is 2.17. The monoisotopic (exact) mass is 261 g/mol. The summed E-state index contributed by atoms with van der Waals surface area (Å²) in [5.41, 5.74) is 2.53. The number of anilines is 1. The lowest BCUT2D eigenvalue weighted by Crippen LogP contribution is -2.05. The Morgan fingerprint density at radius 2 is 2.33 bits per heavy atom. The summed E-state index contributed by atoms with van der Waals surface area (Å²) in [6, 6.07) is 3.88. The molecule has 6 nitrogen and oxygen atoms in total. The van der Waals surface area contributed by atoms with Crippen molar-refractivity contribution in [3.8, 4) is 0 Å². The van der Waals surface area contributed by atoms with Gasteiger partial charge in [-0.25, -0.2) is 4.98 Å². The van der Waals surface area contributed by atoms with Crippen molar-refractivity contribution in [3.63, 3.8) is 0 Å². The van der Waals surface area contributed by atoms with Crippen LogP contribution >= 0.6 is 11.6 Å². The molecule has 0 amide bonds. The second kappa shape index (κ2) is 4.58. The highest BCUT2D eigenvalue weighted by atomic mass is 35.5. The summed E-state index contributed by atoms with van der Waals surface area (Å²) in [5, 5.41) is 3.41. The SMILES string of the molecule is Clc1nc(NCc2cccnc2)c2[nH]c[nH+]c2n1. The topological polar surface area (TPSA) is 80.6 Å². The van der Waals surface area contributed by atoms with Crippen LogP contribution in [-0.4, -0.2) is 19.9 Å². The largest absolute Gasteiger partial charge is 0.363 e. The molecule has 0 radical (unpaired) electrons. The van der Waals surface area contributed by atoms with Gasteiger partial charge in [0.2, 0.25) is 5.52 Å². The molecule has 7 heteroatoms. The fraction of sp³-hybridized carbons (Fsp3) is 0.0909. The number of H-pyrrole nitrogens is 2. The fourth-order valence-electron chi connectivity index (χ4n) is 1.67. The molecule has 3 N–H and O–H groups in total. The van der Waals surface area contributed by atoms with Crippen LogP contribution in [0.5, 0.6) is 0 Å². The van der Waals surface area contributed by atoms with Crippen molar-refractivity contribution in [1.82, 2.24) is 19.9 Å². The van der Waals surface area contributed by atoms with Gasteiger partial charge in [0, 0.05) is 18.9 Å². The zero-order valence-electron chi connectivity index (χ0n) is 9.31. The number of aromatic nitrogens is 5. The van der Waals surface area contributed by atoms with Gasteiger partial charge in [0.1, 0.15) is 0 Å². The maximum atomic E-state index is 5.85. The Balaban J connectivity index is 1.88. The van der Waals surface area contributed by atoms with Gasteiger partial charge in [0.05, 0.1) is 0 Å². The van der Waals surface area contributed by atoms with E-state index in [9.17, 15) is 0 Å². The number of nitrogens with one attached hydrogen (secondary N) is 3. The van der Waals surface area contributed by atoms with Crippen LogP contribution in [0.4, 0.5) is 5.82 Å². The summed E-state index contributed by atoms with van der Waals surface area (Å²) < 4.78 is 0. The van der Waals surface area contributed by atoms with Crippen molar-refractivity contribution >= 4 is 28.6 Å². The first-order valence-corrected chi connectivity index (χ1v) is 5.76. The van der Waals surface area contributed by atoms with E-state index in [0.717, 1.165) is 11.1 Å². The molecule has 0 aromatic carbocycles. The summed E-state index contributed by atoms with van der Waals surface area (Å²) in [4.78, 5) is 18.3. The van der Waals surface area contributed by atoms with Gasteiger partial charge in [-0.1, -0.05) is 11.1 Å². The second-order valence-corrected chi connectivity index (χ2v) is 4.05. The summed E-state index contributed by atoms with van der Waals surface area (Å²) in [6.45, 7) is 0.620. The molecule has 0 fully saturated rings. The Labute approximate surface area is 107 Å². The van der Waals surface area contributed by atoms with Gasteiger partial charge < -0.3 is 5.32 Å². The lowest BCUT2D eigenvalue weighted by molar-refractivity contribution is -0.347. The Bertz CT molecular complexity index is 666. The van der Waals surface area contributed by atoms with E-state index in [1.54, 1.807) is 18.7 Å². The van der Waals surface area contributed by atoms with Crippen LogP contribution in [0.25, 0.3) is 11.2 Å². The van der Waals surface area contributed by atoms with E-state index in [1.807, 2.05) is 12.1 Å². The van der Waals surface area contributed by atoms with Crippen LogP contribution in [-0.2, 0) is 6.54 Å². The number of imidazole rings is 1. The highest BCUT2D eigenvalue weighted by Gasteiger charge is 2.14. The fourth-order valence-corrected chi connectivity index (χ4v) is 1.84. The Morgan fingerprint density at radius 1 is 1.39 bits per heavy atom. The van der Waals surface area contributed by atoms with Crippen molar-refractivity contribution in [3.05, 3.63) is 41.7 Å². The molecule has 0 aliphatic rings. The van der Waals surface area contributed by atoms with Crippen LogP contribution < -0.4 is 10.3 Å². The molecule has 0 atom stereocenters. The third-order valence-corrected chi connectivity index (χ3v) is 2.66. The van der Waals surface area contributed by atoms with Gasteiger partial charge in [-0.3, -0.25) is 9.97 Å². The van der Waals surface area contributed by atoms with Gasteiger partial charge >= 0.3 is 10.9 Å². The third kappa shape index (κ3) is 2.10. The molecule has 90 valence electrons. The minimum absolute atomic E-state index is 0.201. The molecule has 0 saturated heterocycles. The van der Waals surface area contributed by atoms with E-state index in [4.69, 9.17) is 11.6 Å². The average molecular weight is 262 g/mol. The summed E-state index contributed by atoms with van der Waals surface area (Å²) in [5.74, 6) is 0.662. The molecule has 0 unspecified atom stereocenters. The minimum atomic E-state index is 0.201. The first-order valence-electron chi connectivity index (χ1n) is 5.38. The predicted octanol–water partition coefficient (Wildman–Crippen LogP) is 1.43. The maximum Gasteiger partial charge on any atom is 0.306 e. The predicted molar refractivity (Wildman–Crippen MR) is 67.0 cm³/mol. The molecule has 0 aliphatic heterocycles. The van der Waals surface area contributed by atoms with Gasteiger partial charge in [-0.15, -0.1) is 0 Å². The average Bonchev–Trinajstić information content (AvgIpc) is 2.85. The van der Waals surface area contributed by atoms with Crippen molar-refractivity contribution in [1.29, 1.82) is 0 Å². The molecule has 3 aromatic rings. The molecular weight excluding hydrogens is 252 g/mol. The van der Waals surface area contributed by atoms with Gasteiger partial charge in [0.15, 0.2) is 12.1 Å². The van der Waals surface area contributed by atoms with E-state index in [1.165, 1.54) is 0 Å². The normalized spacial score (nSPS) is 10.7. The van der Waals surface area contributed by atoms with E-state index in [0.29, 0.717) is 18.0 Å². The van der Waals surface area contributed by atoms with Gasteiger partial charge in [-0.2, -0.15) is 4.98 Å². The van der Waals surface area contributed by atoms with E-state index in [2.05, 4.69) is 30.2 Å². The molecule has 0 aliphatic carbocycles. The standard InChI is InChI=1S/C11H9ClN6/c12-11-17-9(8-10(18-11)16-6-15-8)14-5-7-2-1-3-13-4-7/h1-4,6H,5H2,(H2,14,15,16,17,18)/p+1. The van der Waals surface area contributed by atoms with Crippen LogP contribution in [0.2, 0.25) is 5.28 Å². The second-order valence-electron chi connectivity index (χ2n) is 3.71. The molecule has 0 saturated carbocycles. The van der Waals surface area contributed by atoms with Crippen molar-refractivity contribution in [2.75, 3.05) is 5.32 Å². The first kappa shape index (κ1) is 10.9. The molecule has 0 spiro atoms. The Hall–Kier alpha value is -2.21. The maximum absolute atomic E-state index is 5.85. The number of fused-ring (bicyclic) bond motifs is 1. The molecular formula is C11H10ClN6+. The van der Waals surface area contributed by atoms with Crippen molar-refractivity contribution < 1.29 is 4.98 Å². The number of aromatic amines is 2. The number of pyridine rings is 1. The summed E-state index contributed by atoms with van der Waals surface area (Å²) in [7, 11) is 0. The Morgan fingerprint density at radius 3 is 3.17 bits per heavy atom. The lowest BCUT2D eigenvalue weighted by atomic mass is 10.3. The van der Waals surface area contributed by atoms with Crippen LogP contribution in [0.1, 0.15) is 5.56 Å². The molecule has 18 heavy (non-hydrogen) atoms. The van der Waals surface area contributed by atoms with Crippen LogP contribution in [0.15, 0.2) is 30.9 Å². The smallest absolute Gasteiger partial charge is 0.306 e. The van der Waals surface area contributed by atoms with Crippen molar-refractivity contribution in [2.45, 2.75) is 6.54 Å². The number of rotatable bonds is 3. The minimum Gasteiger partial charge on any atom is -0.363 e. The van der Waals surface area contributed by atoms with E-state index in [-0.39, 0.29) is 5.28 Å². The number of hydrogen-bond donors (Lipinski definition) is 2. The third-order valence-electron chi connectivity index (χ3n) is 2.49. The zero-order chi connectivity index (χ0) is 12.4. The van der Waals surface area contributed by atoms with Gasteiger partial charge in [-0.05, 0) is 23.2 Å². The molecule has 0 bridgehead atoms. The quantitative estimate of drug-likeness (QED) is 0.699. The van der Waals surface area contributed by atoms with Gasteiger partial charge in [0.25, 0.3) is 0 Å². The Kier molecular flexibility index (Phi) is 2.77. The first-order chi connectivity index (χ1) is 8.83. The summed E-state index contributed by atoms with van der Waals surface area (Å²) in [6.07, 6.45) is 5.22. The van der Waals surface area contributed by atoms with E-state index >= 15 is 0 Å². The number of halogens is 1. The highest BCUT2D eigenvalue weighted by molar-refractivity contribution is 6.28. The number of hydrogen-bond acceptors (Lipinski definition) is 4. The zero-order valence-corrected chi connectivity index (χ0v) is 10.1. The van der Waals surface area contributed by atoms with E-state index < -0.39 is 0 Å². The molecule has 3 heterocycles. The van der Waals surface area contributed by atoms with Crippen molar-refractivity contribution in [2.24, 2.45) is 0 Å². The van der Waals surface area contributed by atoms with Crippen LogP contribution in [0, 0.1) is 0 Å².